The van der Waals surface area contributed by atoms with Crippen LogP contribution < -0.4 is 0 Å². The lowest BCUT2D eigenvalue weighted by molar-refractivity contribution is -0.118. The molecule has 1 radical (unpaired) electrons. The van der Waals surface area contributed by atoms with Crippen molar-refractivity contribution in [3.63, 3.8) is 0 Å². The molecule has 0 N–H and O–H groups in total. The molecule has 11 heteroatoms. The van der Waals surface area contributed by atoms with Gasteiger partial charge in [-0.3, -0.25) is 0 Å². The fourth-order valence-corrected chi connectivity index (χ4v) is 0.664. The lowest BCUT2D eigenvalue weighted by Gasteiger charge is -2.18. The monoisotopic (exact) mass is 319 g/mol. The fraction of sp³-hybridized carbons (Fsp3) is 0.700. The molecule has 121 valence electrons. The van der Waals surface area contributed by atoms with E-state index in [-0.39, 0.29) is 0 Å². The van der Waals surface area contributed by atoms with E-state index >= 15 is 0 Å². The zero-order chi connectivity index (χ0) is 17.5. The third-order valence-corrected chi connectivity index (χ3v) is 1.32. The SMILES string of the molecule is C=N[B]C.CC(C)(C)OC(=O)N=C(C(F)(F)F)C(F)(F)F. The number of aliphatic imine (C=N–C) groups is 1. The summed E-state index contributed by atoms with van der Waals surface area (Å²) in [5, 5.41) is 0. The highest BCUT2D eigenvalue weighted by molar-refractivity contribution is 6.32. The van der Waals surface area contributed by atoms with Crippen molar-refractivity contribution in [2.45, 2.75) is 45.5 Å². The fourth-order valence-electron chi connectivity index (χ4n) is 0.664. The van der Waals surface area contributed by atoms with Crippen LogP contribution in [-0.2, 0) is 4.74 Å². The third kappa shape index (κ3) is 11.9. The van der Waals surface area contributed by atoms with Crippen LogP contribution in [0.5, 0.6) is 0 Å². The number of halogens is 6. The average Bonchev–Trinajstić information content (AvgIpc) is 2.21. The molecular weight excluding hydrogens is 305 g/mol. The minimum absolute atomic E-state index is 1.23. The molecule has 0 fully saturated rings. The van der Waals surface area contributed by atoms with Crippen LogP contribution in [0, 0.1) is 0 Å². The van der Waals surface area contributed by atoms with Crippen molar-refractivity contribution in [2.24, 2.45) is 9.90 Å². The number of hydrogen-bond acceptors (Lipinski definition) is 3. The summed E-state index contributed by atoms with van der Waals surface area (Å²) in [5.41, 5.74) is -4.37. The Hall–Kier alpha value is -1.55. The number of alkyl halides is 6. The summed E-state index contributed by atoms with van der Waals surface area (Å²) in [6.45, 7) is 8.84. The van der Waals surface area contributed by atoms with E-state index in [9.17, 15) is 31.1 Å². The molecule has 1 amide bonds. The number of ether oxygens (including phenoxy) is 1. The Balaban J connectivity index is 0. The van der Waals surface area contributed by atoms with Gasteiger partial charge >= 0.3 is 18.4 Å². The molecule has 0 aliphatic carbocycles. The van der Waals surface area contributed by atoms with Gasteiger partial charge in [0, 0.05) is 0 Å². The molecule has 0 heterocycles. The zero-order valence-electron chi connectivity index (χ0n) is 11.8. The van der Waals surface area contributed by atoms with Crippen molar-refractivity contribution < 1.29 is 35.9 Å². The molecule has 0 aliphatic heterocycles. The standard InChI is InChI=1S/C8H9F6NO2.C2H5BN/c1-6(2,3)17-5(16)15-4(7(9,10)11)8(12,13)14;1-3-4-2/h1-3H3;2H2,1H3. The Morgan fingerprint density at radius 1 is 1.05 bits per heavy atom. The molecular formula is C10H14BF6N2O2. The van der Waals surface area contributed by atoms with E-state index in [2.05, 4.69) is 16.4 Å². The van der Waals surface area contributed by atoms with Gasteiger partial charge in [0.25, 0.3) is 7.41 Å². The Morgan fingerprint density at radius 3 is 1.57 bits per heavy atom. The topological polar surface area (TPSA) is 51.0 Å². The van der Waals surface area contributed by atoms with Gasteiger partial charge in [-0.1, -0.05) is 6.82 Å². The maximum Gasteiger partial charge on any atom is 0.438 e. The molecule has 0 aromatic rings. The zero-order valence-corrected chi connectivity index (χ0v) is 11.8. The van der Waals surface area contributed by atoms with Gasteiger partial charge in [-0.05, 0) is 27.5 Å². The second kappa shape index (κ2) is 8.03. The van der Waals surface area contributed by atoms with Gasteiger partial charge < -0.3 is 9.64 Å². The third-order valence-electron chi connectivity index (χ3n) is 1.32. The first-order chi connectivity index (χ1) is 9.15. The molecule has 0 bridgehead atoms. The van der Waals surface area contributed by atoms with E-state index < -0.39 is 29.8 Å². The van der Waals surface area contributed by atoms with Gasteiger partial charge in [0.1, 0.15) is 5.60 Å². The summed E-state index contributed by atoms with van der Waals surface area (Å²) in [4.78, 5) is 16.0. The van der Waals surface area contributed by atoms with Crippen molar-refractivity contribution in [1.82, 2.24) is 0 Å². The molecule has 21 heavy (non-hydrogen) atoms. The van der Waals surface area contributed by atoms with E-state index in [4.69, 9.17) is 0 Å². The van der Waals surface area contributed by atoms with Crippen LogP contribution in [0.2, 0.25) is 6.82 Å². The largest absolute Gasteiger partial charge is 0.442 e. The Morgan fingerprint density at radius 2 is 1.38 bits per heavy atom. The van der Waals surface area contributed by atoms with Crippen molar-refractivity contribution in [3.05, 3.63) is 0 Å². The summed E-state index contributed by atoms with van der Waals surface area (Å²) in [6.07, 6.45) is -13.5. The second-order valence-corrected chi connectivity index (χ2v) is 4.38. The molecule has 4 nitrogen and oxygen atoms in total. The van der Waals surface area contributed by atoms with E-state index in [0.29, 0.717) is 0 Å². The number of amides is 1. The number of carbonyl (C=O) groups is 1. The van der Waals surface area contributed by atoms with Crippen LogP contribution in [0.4, 0.5) is 31.1 Å². The normalized spacial score (nSPS) is 11.7. The van der Waals surface area contributed by atoms with E-state index in [1.165, 1.54) is 20.8 Å². The predicted molar refractivity (Wildman–Crippen MR) is 66.9 cm³/mol. The van der Waals surface area contributed by atoms with Crippen molar-refractivity contribution in [1.29, 1.82) is 0 Å². The Kier molecular flexibility index (Phi) is 8.32. The molecule has 0 aromatic carbocycles. The molecule has 0 atom stereocenters. The van der Waals surface area contributed by atoms with Gasteiger partial charge in [-0.2, -0.15) is 31.3 Å². The van der Waals surface area contributed by atoms with Crippen LogP contribution >= 0.6 is 0 Å². The lowest BCUT2D eigenvalue weighted by Crippen LogP contribution is -2.38. The smallest absolute Gasteiger partial charge is 0.438 e. The highest BCUT2D eigenvalue weighted by atomic mass is 19.4. The Bertz CT molecular complexity index is 368. The number of nitrogens with zero attached hydrogens (tertiary/aromatic N) is 2. The predicted octanol–water partition coefficient (Wildman–Crippen LogP) is 3.84. The van der Waals surface area contributed by atoms with Gasteiger partial charge in [0.15, 0.2) is 0 Å². The van der Waals surface area contributed by atoms with E-state index in [1.807, 2.05) is 11.8 Å². The minimum atomic E-state index is -5.77. The minimum Gasteiger partial charge on any atom is -0.442 e. The highest BCUT2D eigenvalue weighted by Crippen LogP contribution is 2.30. The van der Waals surface area contributed by atoms with E-state index in [1.54, 1.807) is 7.41 Å². The average molecular weight is 319 g/mol. The molecule has 0 aromatic heterocycles. The number of carbonyl (C=O) groups excluding carboxylic acids is 1. The van der Waals surface area contributed by atoms with Gasteiger partial charge in [-0.25, -0.2) is 4.79 Å². The van der Waals surface area contributed by atoms with Crippen molar-refractivity contribution in [2.75, 3.05) is 0 Å². The van der Waals surface area contributed by atoms with Crippen LogP contribution in [0.3, 0.4) is 0 Å². The summed E-state index contributed by atoms with van der Waals surface area (Å²) < 4.78 is 75.9. The number of hydrogen-bond donors (Lipinski definition) is 0. The molecule has 0 rings (SSSR count). The van der Waals surface area contributed by atoms with Crippen molar-refractivity contribution >= 4 is 25.9 Å². The maximum absolute atomic E-state index is 12.0. The van der Waals surface area contributed by atoms with Crippen LogP contribution in [-0.4, -0.2) is 43.9 Å². The second-order valence-electron chi connectivity index (χ2n) is 4.38. The summed E-state index contributed by atoms with van der Waals surface area (Å²) in [7, 11) is 1.64. The van der Waals surface area contributed by atoms with Gasteiger partial charge in [-0.15, -0.1) is 0 Å². The molecule has 0 spiro atoms. The first-order valence-corrected chi connectivity index (χ1v) is 5.35. The van der Waals surface area contributed by atoms with Crippen LogP contribution in [0.1, 0.15) is 20.8 Å². The Labute approximate surface area is 118 Å². The summed E-state index contributed by atoms with van der Waals surface area (Å²) in [5.74, 6) is 0. The van der Waals surface area contributed by atoms with Crippen LogP contribution in [0.15, 0.2) is 9.90 Å². The maximum atomic E-state index is 12.0. The number of rotatable bonds is 1. The summed E-state index contributed by atoms with van der Waals surface area (Å²) >= 11 is 0. The molecule has 0 unspecified atom stereocenters. The van der Waals surface area contributed by atoms with Crippen molar-refractivity contribution in [3.8, 4) is 0 Å². The summed E-state index contributed by atoms with van der Waals surface area (Å²) in [6, 6.07) is 0. The molecule has 0 saturated heterocycles. The van der Waals surface area contributed by atoms with Gasteiger partial charge in [0.2, 0.25) is 5.71 Å². The quantitative estimate of drug-likeness (QED) is 0.419. The van der Waals surface area contributed by atoms with Gasteiger partial charge in [0.05, 0.1) is 0 Å². The molecule has 0 aliphatic rings. The molecule has 0 saturated carbocycles. The van der Waals surface area contributed by atoms with E-state index in [0.717, 1.165) is 0 Å². The first-order valence-electron chi connectivity index (χ1n) is 5.35. The first kappa shape index (κ1) is 21.7. The van der Waals surface area contributed by atoms with Crippen LogP contribution in [0.25, 0.3) is 0 Å². The lowest BCUT2D eigenvalue weighted by atomic mass is 10.0. The highest BCUT2D eigenvalue weighted by Gasteiger charge is 2.54.